The second-order valence-corrected chi connectivity index (χ2v) is 4.98. The monoisotopic (exact) mass is 331 g/mol. The second kappa shape index (κ2) is 7.96. The zero-order valence-electron chi connectivity index (χ0n) is 13.4. The van der Waals surface area contributed by atoms with Crippen LogP contribution in [-0.4, -0.2) is 26.1 Å². The van der Waals surface area contributed by atoms with E-state index in [2.05, 4.69) is 16.0 Å². The molecule has 0 aliphatic carbocycles. The summed E-state index contributed by atoms with van der Waals surface area (Å²) < 4.78 is 18.4. The normalized spacial score (nSPS) is 9.96. The highest BCUT2D eigenvalue weighted by Gasteiger charge is 2.08. The molecular formula is C17H18FN3O3. The van der Waals surface area contributed by atoms with Crippen molar-refractivity contribution in [1.29, 1.82) is 0 Å². The van der Waals surface area contributed by atoms with Crippen LogP contribution in [0.5, 0.6) is 5.75 Å². The first kappa shape index (κ1) is 17.3. The first-order valence-corrected chi connectivity index (χ1v) is 7.23. The van der Waals surface area contributed by atoms with E-state index < -0.39 is 5.82 Å². The third-order valence-electron chi connectivity index (χ3n) is 3.23. The van der Waals surface area contributed by atoms with Crippen LogP contribution >= 0.6 is 0 Å². The fourth-order valence-electron chi connectivity index (χ4n) is 2.04. The smallest absolute Gasteiger partial charge is 0.318 e. The summed E-state index contributed by atoms with van der Waals surface area (Å²) in [5.41, 5.74) is 1.73. The van der Waals surface area contributed by atoms with Crippen LogP contribution in [0.3, 0.4) is 0 Å². The molecule has 0 aliphatic heterocycles. The van der Waals surface area contributed by atoms with Crippen LogP contribution in [0.2, 0.25) is 0 Å². The van der Waals surface area contributed by atoms with Crippen molar-refractivity contribution in [2.24, 2.45) is 0 Å². The Bertz CT molecular complexity index is 732. The molecule has 0 radical (unpaired) electrons. The molecule has 0 heterocycles. The van der Waals surface area contributed by atoms with Gasteiger partial charge in [0.15, 0.2) is 11.6 Å². The minimum atomic E-state index is -0.507. The molecule has 0 fully saturated rings. The number of carbonyl (C=O) groups is 2. The molecule has 3 amide bonds. The number of halogens is 1. The van der Waals surface area contributed by atoms with Crippen molar-refractivity contribution < 1.29 is 18.7 Å². The molecule has 2 rings (SSSR count). The Balaban J connectivity index is 1.94. The molecule has 0 unspecified atom stereocenters. The van der Waals surface area contributed by atoms with E-state index in [1.165, 1.54) is 26.3 Å². The molecule has 0 atom stereocenters. The Morgan fingerprint density at radius 3 is 2.21 bits per heavy atom. The van der Waals surface area contributed by atoms with E-state index in [1.807, 2.05) is 0 Å². The second-order valence-electron chi connectivity index (χ2n) is 4.98. The highest BCUT2D eigenvalue weighted by Crippen LogP contribution is 2.18. The van der Waals surface area contributed by atoms with Crippen molar-refractivity contribution in [2.45, 2.75) is 6.42 Å². The highest BCUT2D eigenvalue weighted by molar-refractivity contribution is 5.93. The lowest BCUT2D eigenvalue weighted by molar-refractivity contribution is -0.115. The third-order valence-corrected chi connectivity index (χ3v) is 3.23. The number of rotatable bonds is 5. The zero-order valence-corrected chi connectivity index (χ0v) is 13.4. The molecule has 126 valence electrons. The van der Waals surface area contributed by atoms with Gasteiger partial charge in [0.1, 0.15) is 0 Å². The van der Waals surface area contributed by atoms with Crippen molar-refractivity contribution in [3.63, 3.8) is 0 Å². The number of methoxy groups -OCH3 is 1. The number of carbonyl (C=O) groups excluding carboxylic acids is 2. The SMILES string of the molecule is CNC(=O)Nc1ccc(NC(=O)Cc2ccc(OC)c(F)c2)cc1. The standard InChI is InChI=1S/C17H18FN3O3/c1-19-17(23)21-13-6-4-12(5-7-13)20-16(22)10-11-3-8-15(24-2)14(18)9-11/h3-9H,10H2,1-2H3,(H,20,22)(H2,19,21,23). The van der Waals surface area contributed by atoms with Crippen LogP contribution in [0.4, 0.5) is 20.6 Å². The number of benzene rings is 2. The van der Waals surface area contributed by atoms with Gasteiger partial charge in [0, 0.05) is 18.4 Å². The van der Waals surface area contributed by atoms with Crippen molar-refractivity contribution in [3.05, 3.63) is 53.8 Å². The van der Waals surface area contributed by atoms with Crippen molar-refractivity contribution in [1.82, 2.24) is 5.32 Å². The van der Waals surface area contributed by atoms with E-state index in [4.69, 9.17) is 4.74 Å². The largest absolute Gasteiger partial charge is 0.494 e. The number of hydrogen-bond donors (Lipinski definition) is 3. The zero-order chi connectivity index (χ0) is 17.5. The van der Waals surface area contributed by atoms with Crippen LogP contribution in [0.25, 0.3) is 0 Å². The summed E-state index contributed by atoms with van der Waals surface area (Å²) in [6, 6.07) is 10.7. The van der Waals surface area contributed by atoms with Crippen LogP contribution in [-0.2, 0) is 11.2 Å². The highest BCUT2D eigenvalue weighted by atomic mass is 19.1. The predicted octanol–water partition coefficient (Wildman–Crippen LogP) is 2.77. The summed E-state index contributed by atoms with van der Waals surface area (Å²) in [6.07, 6.45) is 0.0408. The van der Waals surface area contributed by atoms with Crippen LogP contribution < -0.4 is 20.7 Å². The summed E-state index contributed by atoms with van der Waals surface area (Å²) in [5, 5.41) is 7.77. The molecule has 0 saturated carbocycles. The average molecular weight is 331 g/mol. The molecule has 0 aromatic heterocycles. The molecule has 0 bridgehead atoms. The fraction of sp³-hybridized carbons (Fsp3) is 0.176. The molecule has 2 aromatic carbocycles. The summed E-state index contributed by atoms with van der Waals surface area (Å²) >= 11 is 0. The summed E-state index contributed by atoms with van der Waals surface area (Å²) in [5.74, 6) is -0.641. The maximum absolute atomic E-state index is 13.6. The molecule has 2 aromatic rings. The first-order chi connectivity index (χ1) is 11.5. The molecule has 3 N–H and O–H groups in total. The number of anilines is 2. The molecule has 0 saturated heterocycles. The molecular weight excluding hydrogens is 313 g/mol. The number of nitrogens with one attached hydrogen (secondary N) is 3. The molecule has 0 aliphatic rings. The average Bonchev–Trinajstić information content (AvgIpc) is 2.56. The minimum absolute atomic E-state index is 0.0408. The lowest BCUT2D eigenvalue weighted by atomic mass is 10.1. The topological polar surface area (TPSA) is 79.5 Å². The van der Waals surface area contributed by atoms with E-state index in [0.717, 1.165) is 0 Å². The Hall–Kier alpha value is -3.09. The third kappa shape index (κ3) is 4.70. The predicted molar refractivity (Wildman–Crippen MR) is 89.8 cm³/mol. The Morgan fingerprint density at radius 1 is 1.04 bits per heavy atom. The minimum Gasteiger partial charge on any atom is -0.494 e. The van der Waals surface area contributed by atoms with Gasteiger partial charge in [-0.1, -0.05) is 6.07 Å². The van der Waals surface area contributed by atoms with Gasteiger partial charge in [-0.15, -0.1) is 0 Å². The van der Waals surface area contributed by atoms with E-state index in [1.54, 1.807) is 30.3 Å². The molecule has 7 heteroatoms. The van der Waals surface area contributed by atoms with Crippen LogP contribution in [0.1, 0.15) is 5.56 Å². The molecule has 0 spiro atoms. The fourth-order valence-corrected chi connectivity index (χ4v) is 2.04. The van der Waals surface area contributed by atoms with Gasteiger partial charge < -0.3 is 20.7 Å². The van der Waals surface area contributed by atoms with Gasteiger partial charge >= 0.3 is 6.03 Å². The maximum atomic E-state index is 13.6. The van der Waals surface area contributed by atoms with E-state index in [-0.39, 0.29) is 24.1 Å². The lowest BCUT2D eigenvalue weighted by Crippen LogP contribution is -2.24. The van der Waals surface area contributed by atoms with E-state index >= 15 is 0 Å². The van der Waals surface area contributed by atoms with Crippen molar-refractivity contribution in [3.8, 4) is 5.75 Å². The lowest BCUT2D eigenvalue weighted by Gasteiger charge is -2.08. The van der Waals surface area contributed by atoms with Crippen molar-refractivity contribution in [2.75, 3.05) is 24.8 Å². The van der Waals surface area contributed by atoms with Gasteiger partial charge in [0.25, 0.3) is 0 Å². The quantitative estimate of drug-likeness (QED) is 0.788. The van der Waals surface area contributed by atoms with E-state index in [0.29, 0.717) is 16.9 Å². The first-order valence-electron chi connectivity index (χ1n) is 7.23. The molecule has 24 heavy (non-hydrogen) atoms. The Kier molecular flexibility index (Phi) is 5.73. The number of amides is 3. The summed E-state index contributed by atoms with van der Waals surface area (Å²) in [6.45, 7) is 0. The Labute approximate surface area is 139 Å². The van der Waals surface area contributed by atoms with E-state index in [9.17, 15) is 14.0 Å². The van der Waals surface area contributed by atoms with Gasteiger partial charge in [-0.05, 0) is 42.0 Å². The van der Waals surface area contributed by atoms with Gasteiger partial charge in [-0.3, -0.25) is 4.79 Å². The summed E-state index contributed by atoms with van der Waals surface area (Å²) in [4.78, 5) is 23.2. The van der Waals surface area contributed by atoms with Gasteiger partial charge in [0.05, 0.1) is 13.5 Å². The number of urea groups is 1. The van der Waals surface area contributed by atoms with Gasteiger partial charge in [-0.25, -0.2) is 9.18 Å². The number of hydrogen-bond acceptors (Lipinski definition) is 3. The number of ether oxygens (including phenoxy) is 1. The maximum Gasteiger partial charge on any atom is 0.318 e. The summed E-state index contributed by atoms with van der Waals surface area (Å²) in [7, 11) is 2.90. The van der Waals surface area contributed by atoms with Gasteiger partial charge in [0.2, 0.25) is 5.91 Å². The van der Waals surface area contributed by atoms with Crippen molar-refractivity contribution >= 4 is 23.3 Å². The van der Waals surface area contributed by atoms with Crippen LogP contribution in [0.15, 0.2) is 42.5 Å². The Morgan fingerprint density at radius 2 is 1.67 bits per heavy atom. The molecule has 6 nitrogen and oxygen atoms in total. The van der Waals surface area contributed by atoms with Gasteiger partial charge in [-0.2, -0.15) is 0 Å². The van der Waals surface area contributed by atoms with Crippen LogP contribution in [0, 0.1) is 5.82 Å².